The van der Waals surface area contributed by atoms with E-state index in [1.54, 1.807) is 22.4 Å². The molecule has 146 valence electrons. The van der Waals surface area contributed by atoms with E-state index in [4.69, 9.17) is 4.98 Å². The van der Waals surface area contributed by atoms with Crippen molar-refractivity contribution in [3.05, 3.63) is 88.7 Å². The van der Waals surface area contributed by atoms with E-state index in [1.807, 2.05) is 49.4 Å². The van der Waals surface area contributed by atoms with Crippen LogP contribution < -0.4 is 4.90 Å². The lowest BCUT2D eigenvalue weighted by atomic mass is 10.1. The third-order valence-electron chi connectivity index (χ3n) is 4.86. The van der Waals surface area contributed by atoms with Crippen LogP contribution in [0.15, 0.2) is 60.8 Å². The Balaban J connectivity index is 1.70. The standard InChI is InChI=1S/C24H23N3OS/c1-16-7-9-19(10-8-16)14-22(28)27(15-20-6-4-5-11-25-20)24-26-21-13-17(2)12-18(3)23(21)29-24/h4-13H,14-15H2,1-3H3. The molecule has 2 aromatic heterocycles. The molecule has 0 aliphatic heterocycles. The van der Waals surface area contributed by atoms with Crippen LogP contribution in [0.1, 0.15) is 27.9 Å². The second-order valence-corrected chi connectivity index (χ2v) is 8.37. The van der Waals surface area contributed by atoms with Crippen LogP contribution >= 0.6 is 11.3 Å². The molecule has 0 fully saturated rings. The number of hydrogen-bond donors (Lipinski definition) is 0. The molecule has 0 radical (unpaired) electrons. The van der Waals surface area contributed by atoms with Gasteiger partial charge < -0.3 is 0 Å². The fourth-order valence-corrected chi connectivity index (χ4v) is 4.40. The first kappa shape index (κ1) is 19.3. The highest BCUT2D eigenvalue weighted by atomic mass is 32.1. The smallest absolute Gasteiger partial charge is 0.233 e. The van der Waals surface area contributed by atoms with E-state index in [2.05, 4.69) is 31.0 Å². The second-order valence-electron chi connectivity index (χ2n) is 7.39. The number of carbonyl (C=O) groups is 1. The van der Waals surface area contributed by atoms with Crippen LogP contribution in [0.4, 0.5) is 5.13 Å². The van der Waals surface area contributed by atoms with E-state index in [0.29, 0.717) is 13.0 Å². The van der Waals surface area contributed by atoms with E-state index in [-0.39, 0.29) is 5.91 Å². The highest BCUT2D eigenvalue weighted by Crippen LogP contribution is 2.33. The highest BCUT2D eigenvalue weighted by Gasteiger charge is 2.21. The van der Waals surface area contributed by atoms with Gasteiger partial charge in [-0.25, -0.2) is 4.98 Å². The second kappa shape index (κ2) is 8.13. The molecule has 4 rings (SSSR count). The predicted octanol–water partition coefficient (Wildman–Crippen LogP) is 5.39. The zero-order valence-corrected chi connectivity index (χ0v) is 17.7. The molecule has 0 N–H and O–H groups in total. The number of thiazole rings is 1. The molecule has 0 aliphatic carbocycles. The first-order chi connectivity index (χ1) is 14.0. The number of aromatic nitrogens is 2. The molecule has 0 saturated heterocycles. The van der Waals surface area contributed by atoms with Crippen LogP contribution in [0.25, 0.3) is 10.2 Å². The maximum atomic E-state index is 13.3. The average Bonchev–Trinajstić information content (AvgIpc) is 3.12. The fraction of sp³-hybridized carbons (Fsp3) is 0.208. The zero-order chi connectivity index (χ0) is 20.4. The van der Waals surface area contributed by atoms with Gasteiger partial charge in [0.15, 0.2) is 5.13 Å². The maximum absolute atomic E-state index is 13.3. The van der Waals surface area contributed by atoms with E-state index < -0.39 is 0 Å². The largest absolute Gasteiger partial charge is 0.282 e. The van der Waals surface area contributed by atoms with Gasteiger partial charge in [0.1, 0.15) is 0 Å². The highest BCUT2D eigenvalue weighted by molar-refractivity contribution is 7.22. The van der Waals surface area contributed by atoms with Gasteiger partial charge in [0, 0.05) is 6.20 Å². The summed E-state index contributed by atoms with van der Waals surface area (Å²) in [4.78, 5) is 24.3. The minimum Gasteiger partial charge on any atom is -0.282 e. The molecule has 0 bridgehead atoms. The number of aryl methyl sites for hydroxylation is 3. The van der Waals surface area contributed by atoms with Crippen molar-refractivity contribution in [3.63, 3.8) is 0 Å². The topological polar surface area (TPSA) is 46.1 Å². The molecule has 4 aromatic rings. The van der Waals surface area contributed by atoms with Crippen LogP contribution in [0.3, 0.4) is 0 Å². The van der Waals surface area contributed by atoms with E-state index in [9.17, 15) is 4.79 Å². The first-order valence-corrected chi connectivity index (χ1v) is 10.4. The van der Waals surface area contributed by atoms with Crippen molar-refractivity contribution in [2.75, 3.05) is 4.90 Å². The predicted molar refractivity (Wildman–Crippen MR) is 119 cm³/mol. The molecule has 0 aliphatic rings. The summed E-state index contributed by atoms with van der Waals surface area (Å²) in [5.41, 5.74) is 6.33. The molecule has 0 unspecified atom stereocenters. The molecule has 2 heterocycles. The van der Waals surface area contributed by atoms with Crippen LogP contribution in [-0.2, 0) is 17.8 Å². The number of carbonyl (C=O) groups excluding carboxylic acids is 1. The van der Waals surface area contributed by atoms with Crippen molar-refractivity contribution in [3.8, 4) is 0 Å². The number of fused-ring (bicyclic) bond motifs is 1. The Kier molecular flexibility index (Phi) is 5.41. The van der Waals surface area contributed by atoms with Crippen molar-refractivity contribution in [1.82, 2.24) is 9.97 Å². The van der Waals surface area contributed by atoms with E-state index >= 15 is 0 Å². The van der Waals surface area contributed by atoms with Crippen LogP contribution in [0.2, 0.25) is 0 Å². The lowest BCUT2D eigenvalue weighted by Crippen LogP contribution is -2.32. The molecule has 0 atom stereocenters. The summed E-state index contributed by atoms with van der Waals surface area (Å²) in [6, 6.07) is 18.1. The van der Waals surface area contributed by atoms with Crippen LogP contribution in [-0.4, -0.2) is 15.9 Å². The Morgan fingerprint density at radius 3 is 2.52 bits per heavy atom. The monoisotopic (exact) mass is 401 g/mol. The number of pyridine rings is 1. The lowest BCUT2D eigenvalue weighted by Gasteiger charge is -2.19. The molecular formula is C24H23N3OS. The molecule has 1 amide bonds. The van der Waals surface area contributed by atoms with Gasteiger partial charge in [0.2, 0.25) is 5.91 Å². The van der Waals surface area contributed by atoms with Gasteiger partial charge in [-0.05, 0) is 55.7 Å². The van der Waals surface area contributed by atoms with Gasteiger partial charge >= 0.3 is 0 Å². The number of benzene rings is 2. The Hall–Kier alpha value is -3.05. The summed E-state index contributed by atoms with van der Waals surface area (Å²) in [7, 11) is 0. The number of amides is 1. The van der Waals surface area contributed by atoms with E-state index in [0.717, 1.165) is 26.6 Å². The van der Waals surface area contributed by atoms with Gasteiger partial charge in [-0.3, -0.25) is 14.7 Å². The fourth-order valence-electron chi connectivity index (χ4n) is 3.37. The summed E-state index contributed by atoms with van der Waals surface area (Å²) in [5, 5.41) is 0.719. The Labute approximate surface area is 174 Å². The van der Waals surface area contributed by atoms with Gasteiger partial charge in [-0.2, -0.15) is 0 Å². The third-order valence-corrected chi connectivity index (χ3v) is 6.09. The summed E-state index contributed by atoms with van der Waals surface area (Å²) in [5.74, 6) is 0.0212. The summed E-state index contributed by atoms with van der Waals surface area (Å²) < 4.78 is 1.12. The van der Waals surface area contributed by atoms with Gasteiger partial charge in [0.25, 0.3) is 0 Å². The zero-order valence-electron chi connectivity index (χ0n) is 16.8. The van der Waals surface area contributed by atoms with Crippen molar-refractivity contribution < 1.29 is 4.79 Å². The van der Waals surface area contributed by atoms with Gasteiger partial charge in [0.05, 0.1) is 28.9 Å². The molecule has 0 saturated carbocycles. The molecule has 29 heavy (non-hydrogen) atoms. The first-order valence-electron chi connectivity index (χ1n) is 9.63. The normalized spacial score (nSPS) is 11.0. The molecular weight excluding hydrogens is 378 g/mol. The SMILES string of the molecule is Cc1ccc(CC(=O)N(Cc2ccccn2)c2nc3cc(C)cc(C)c3s2)cc1. The van der Waals surface area contributed by atoms with E-state index in [1.165, 1.54) is 16.7 Å². The van der Waals surface area contributed by atoms with Crippen molar-refractivity contribution in [2.45, 2.75) is 33.7 Å². The van der Waals surface area contributed by atoms with Crippen molar-refractivity contribution >= 4 is 32.6 Å². The number of anilines is 1. The van der Waals surface area contributed by atoms with Crippen molar-refractivity contribution in [2.24, 2.45) is 0 Å². The minimum atomic E-state index is 0.0212. The number of hydrogen-bond acceptors (Lipinski definition) is 4. The van der Waals surface area contributed by atoms with Crippen LogP contribution in [0.5, 0.6) is 0 Å². The lowest BCUT2D eigenvalue weighted by molar-refractivity contribution is -0.118. The third kappa shape index (κ3) is 4.35. The summed E-state index contributed by atoms with van der Waals surface area (Å²) >= 11 is 1.57. The van der Waals surface area contributed by atoms with Gasteiger partial charge in [-0.15, -0.1) is 0 Å². The maximum Gasteiger partial charge on any atom is 0.233 e. The van der Waals surface area contributed by atoms with Gasteiger partial charge in [-0.1, -0.05) is 53.3 Å². The van der Waals surface area contributed by atoms with Crippen LogP contribution in [0, 0.1) is 20.8 Å². The molecule has 0 spiro atoms. The molecule has 2 aromatic carbocycles. The summed E-state index contributed by atoms with van der Waals surface area (Å²) in [6.45, 7) is 6.61. The Morgan fingerprint density at radius 2 is 1.79 bits per heavy atom. The summed E-state index contributed by atoms with van der Waals surface area (Å²) in [6.07, 6.45) is 2.09. The molecule has 5 heteroatoms. The minimum absolute atomic E-state index is 0.0212. The number of nitrogens with zero attached hydrogens (tertiary/aromatic N) is 3. The van der Waals surface area contributed by atoms with Crippen molar-refractivity contribution in [1.29, 1.82) is 0 Å². The molecule has 4 nitrogen and oxygen atoms in total. The quantitative estimate of drug-likeness (QED) is 0.450. The Bertz CT molecular complexity index is 1150. The number of rotatable bonds is 5. The Morgan fingerprint density at radius 1 is 1.00 bits per heavy atom. The average molecular weight is 402 g/mol.